The zero-order valence-corrected chi connectivity index (χ0v) is 14.3. The van der Waals surface area contributed by atoms with Gasteiger partial charge in [0.2, 0.25) is 0 Å². The Balaban J connectivity index is 2.26. The molecule has 4 nitrogen and oxygen atoms in total. The monoisotopic (exact) mass is 310 g/mol. The first-order chi connectivity index (χ1) is 11.0. The van der Waals surface area contributed by atoms with Crippen molar-refractivity contribution in [3.63, 3.8) is 0 Å². The quantitative estimate of drug-likeness (QED) is 0.488. The van der Waals surface area contributed by atoms with Crippen LogP contribution < -0.4 is 4.90 Å². The van der Waals surface area contributed by atoms with Crippen molar-refractivity contribution in [2.75, 3.05) is 18.6 Å². The first-order valence-electron chi connectivity index (χ1n) is 8.03. The minimum atomic E-state index is -0.313. The number of allylic oxidation sites excluding steroid dienone is 1. The van der Waals surface area contributed by atoms with Crippen molar-refractivity contribution in [2.45, 2.75) is 39.5 Å². The van der Waals surface area contributed by atoms with Crippen LogP contribution in [0.1, 0.15) is 25.0 Å². The predicted molar refractivity (Wildman–Crippen MR) is 94.6 cm³/mol. The van der Waals surface area contributed by atoms with Gasteiger partial charge in [0.1, 0.15) is 0 Å². The Morgan fingerprint density at radius 2 is 2.26 bits per heavy atom. The molecule has 1 aliphatic heterocycles. The molecular formula is C18H23BN2O2. The normalized spacial score (nSPS) is 18.6. The fourth-order valence-electron chi connectivity index (χ4n) is 3.29. The third kappa shape index (κ3) is 3.58. The standard InChI is InChI=1S/C18H23BN2O2/c1-5-16(18(22)23-4)17-7-6-15(10-13(17)2)21-9-8-19(12-20)11-14(21)3/h5-7,10,14H,8-9,11H2,1-4H3/b16-5+. The first-order valence-corrected chi connectivity index (χ1v) is 8.03. The van der Waals surface area contributed by atoms with Crippen LogP contribution in [0, 0.1) is 18.2 Å². The molecule has 0 amide bonds. The molecule has 2 rings (SSSR count). The lowest BCUT2D eigenvalue weighted by atomic mass is 9.43. The second kappa shape index (κ2) is 7.37. The average molecular weight is 310 g/mol. The third-order valence-electron chi connectivity index (χ3n) is 4.58. The van der Waals surface area contributed by atoms with E-state index in [1.54, 1.807) is 6.08 Å². The average Bonchev–Trinajstić information content (AvgIpc) is 2.56. The van der Waals surface area contributed by atoms with Gasteiger partial charge in [-0.2, -0.15) is 0 Å². The van der Waals surface area contributed by atoms with Gasteiger partial charge in [-0.15, -0.1) is 0 Å². The van der Waals surface area contributed by atoms with Crippen molar-refractivity contribution < 1.29 is 9.53 Å². The molecule has 1 heterocycles. The molecule has 1 unspecified atom stereocenters. The molecule has 5 heteroatoms. The maximum absolute atomic E-state index is 11.9. The molecule has 0 saturated carbocycles. The number of nitrogens with zero attached hydrogens (tertiary/aromatic N) is 2. The topological polar surface area (TPSA) is 53.3 Å². The van der Waals surface area contributed by atoms with E-state index < -0.39 is 0 Å². The van der Waals surface area contributed by atoms with Gasteiger partial charge in [0.05, 0.1) is 12.7 Å². The van der Waals surface area contributed by atoms with E-state index in [-0.39, 0.29) is 12.7 Å². The molecule has 0 spiro atoms. The Morgan fingerprint density at radius 1 is 1.52 bits per heavy atom. The molecule has 0 aromatic heterocycles. The fraction of sp³-hybridized carbons (Fsp3) is 0.444. The Bertz CT molecular complexity index is 663. The van der Waals surface area contributed by atoms with Gasteiger partial charge in [-0.1, -0.05) is 12.1 Å². The number of nitriles is 1. The lowest BCUT2D eigenvalue weighted by molar-refractivity contribution is -0.133. The van der Waals surface area contributed by atoms with E-state index in [2.05, 4.69) is 29.9 Å². The Labute approximate surface area is 138 Å². The van der Waals surface area contributed by atoms with Crippen molar-refractivity contribution in [2.24, 2.45) is 0 Å². The van der Waals surface area contributed by atoms with Gasteiger partial charge in [0.25, 0.3) is 6.71 Å². The summed E-state index contributed by atoms with van der Waals surface area (Å²) in [4.78, 5) is 14.2. The molecule has 23 heavy (non-hydrogen) atoms. The summed E-state index contributed by atoms with van der Waals surface area (Å²) in [6.45, 7) is 7.08. The zero-order chi connectivity index (χ0) is 17.0. The smallest absolute Gasteiger partial charge is 0.338 e. The summed E-state index contributed by atoms with van der Waals surface area (Å²) in [5, 5.41) is 9.09. The maximum Gasteiger partial charge on any atom is 0.338 e. The first kappa shape index (κ1) is 17.1. The predicted octanol–water partition coefficient (Wildman–Crippen LogP) is 3.34. The number of methoxy groups -OCH3 is 1. The minimum absolute atomic E-state index is 0.163. The minimum Gasteiger partial charge on any atom is -0.465 e. The van der Waals surface area contributed by atoms with Crippen molar-refractivity contribution in [3.8, 4) is 5.97 Å². The van der Waals surface area contributed by atoms with Gasteiger partial charge in [-0.3, -0.25) is 0 Å². The lowest BCUT2D eigenvalue weighted by Gasteiger charge is -2.36. The SMILES string of the molecule is C/C=C(/C(=O)OC)c1ccc(N2CCB(C#N)CC2C)cc1C. The van der Waals surface area contributed by atoms with Gasteiger partial charge in [-0.05, 0) is 56.7 Å². The van der Waals surface area contributed by atoms with Gasteiger partial charge in [0, 0.05) is 24.2 Å². The highest BCUT2D eigenvalue weighted by molar-refractivity contribution is 6.67. The van der Waals surface area contributed by atoms with E-state index in [1.807, 2.05) is 19.9 Å². The highest BCUT2D eigenvalue weighted by atomic mass is 16.5. The zero-order valence-electron chi connectivity index (χ0n) is 14.3. The second-order valence-electron chi connectivity index (χ2n) is 6.09. The Morgan fingerprint density at radius 3 is 2.78 bits per heavy atom. The molecule has 120 valence electrons. The third-order valence-corrected chi connectivity index (χ3v) is 4.58. The molecular weight excluding hydrogens is 287 g/mol. The molecule has 1 aromatic rings. The molecule has 1 aliphatic rings. The number of carbonyl (C=O) groups excluding carboxylic acids is 1. The van der Waals surface area contributed by atoms with E-state index in [4.69, 9.17) is 10.00 Å². The van der Waals surface area contributed by atoms with Crippen LogP contribution in [-0.2, 0) is 9.53 Å². The second-order valence-corrected chi connectivity index (χ2v) is 6.09. The van der Waals surface area contributed by atoms with Crippen LogP contribution >= 0.6 is 0 Å². The van der Waals surface area contributed by atoms with Crippen LogP contribution in [-0.4, -0.2) is 32.4 Å². The summed E-state index contributed by atoms with van der Waals surface area (Å²) in [5.41, 5.74) is 3.70. The van der Waals surface area contributed by atoms with Gasteiger partial charge in [-0.25, -0.2) is 10.1 Å². The van der Waals surface area contributed by atoms with Crippen molar-refractivity contribution in [3.05, 3.63) is 35.4 Å². The van der Waals surface area contributed by atoms with Crippen molar-refractivity contribution in [1.29, 1.82) is 5.26 Å². The van der Waals surface area contributed by atoms with Crippen LogP contribution in [0.5, 0.6) is 0 Å². The summed E-state index contributed by atoms with van der Waals surface area (Å²) in [6.07, 6.45) is 3.60. The fourth-order valence-corrected chi connectivity index (χ4v) is 3.29. The summed E-state index contributed by atoms with van der Waals surface area (Å²) in [5.74, 6) is 2.07. The van der Waals surface area contributed by atoms with Gasteiger partial charge in [0.15, 0.2) is 0 Å². The number of hydrogen-bond acceptors (Lipinski definition) is 4. The Kier molecular flexibility index (Phi) is 5.49. The molecule has 1 saturated heterocycles. The van der Waals surface area contributed by atoms with E-state index in [9.17, 15) is 4.79 Å². The van der Waals surface area contributed by atoms with E-state index >= 15 is 0 Å². The largest absolute Gasteiger partial charge is 0.465 e. The number of ether oxygens (including phenoxy) is 1. The molecule has 0 aliphatic carbocycles. The van der Waals surface area contributed by atoms with Crippen molar-refractivity contribution in [1.82, 2.24) is 0 Å². The van der Waals surface area contributed by atoms with Gasteiger partial charge >= 0.3 is 5.97 Å². The summed E-state index contributed by atoms with van der Waals surface area (Å²) in [7, 11) is 1.40. The summed E-state index contributed by atoms with van der Waals surface area (Å²) < 4.78 is 4.85. The van der Waals surface area contributed by atoms with Crippen LogP contribution in [0.3, 0.4) is 0 Å². The number of anilines is 1. The molecule has 1 atom stereocenters. The number of rotatable bonds is 3. The van der Waals surface area contributed by atoms with Crippen molar-refractivity contribution >= 4 is 23.9 Å². The summed E-state index contributed by atoms with van der Waals surface area (Å²) in [6, 6.07) is 6.50. The van der Waals surface area contributed by atoms with E-state index in [1.165, 1.54) is 7.11 Å². The van der Waals surface area contributed by atoms with Crippen LogP contribution in [0.25, 0.3) is 5.57 Å². The Hall–Kier alpha value is -2.22. The highest BCUT2D eigenvalue weighted by Gasteiger charge is 2.28. The van der Waals surface area contributed by atoms with E-state index in [0.29, 0.717) is 11.6 Å². The number of carbonyl (C=O) groups is 1. The molecule has 1 fully saturated rings. The number of aryl methyl sites for hydroxylation is 1. The molecule has 0 radical (unpaired) electrons. The van der Waals surface area contributed by atoms with Crippen LogP contribution in [0.4, 0.5) is 5.69 Å². The number of benzene rings is 1. The molecule has 0 bridgehead atoms. The lowest BCUT2D eigenvalue weighted by Crippen LogP contribution is -2.43. The highest BCUT2D eigenvalue weighted by Crippen LogP contribution is 2.29. The summed E-state index contributed by atoms with van der Waals surface area (Å²) >= 11 is 0. The number of hydrogen-bond donors (Lipinski definition) is 0. The van der Waals surface area contributed by atoms with E-state index in [0.717, 1.165) is 36.0 Å². The number of esters is 1. The molecule has 0 N–H and O–H groups in total. The maximum atomic E-state index is 11.9. The van der Waals surface area contributed by atoms with Crippen LogP contribution in [0.2, 0.25) is 12.6 Å². The van der Waals surface area contributed by atoms with Gasteiger partial charge < -0.3 is 9.64 Å². The molecule has 1 aromatic carbocycles. The van der Waals surface area contributed by atoms with Crippen LogP contribution in [0.15, 0.2) is 24.3 Å².